The first-order chi connectivity index (χ1) is 6.12. The first-order valence-electron chi connectivity index (χ1n) is 3.91. The van der Waals surface area contributed by atoms with Gasteiger partial charge < -0.3 is 9.05 Å². The monoisotopic (exact) mass is 328 g/mol. The summed E-state index contributed by atoms with van der Waals surface area (Å²) in [6, 6.07) is 0. The molecule has 13 heavy (non-hydrogen) atoms. The molecular formula is C6H15MoO3PS2. The molecule has 0 aromatic carbocycles. The molecule has 0 atom stereocenters. The number of rotatable bonds is 6. The minimum absolute atomic E-state index is 0.643. The SMILES string of the molecule is CCCOP(=S)(S)OCCC.[O]=[Mo]. The van der Waals surface area contributed by atoms with Crippen LogP contribution in [0.25, 0.3) is 0 Å². The Kier molecular flexibility index (Phi) is 14.9. The van der Waals surface area contributed by atoms with Gasteiger partial charge in [-0.3, -0.25) is 0 Å². The van der Waals surface area contributed by atoms with E-state index in [9.17, 15) is 0 Å². The van der Waals surface area contributed by atoms with Crippen LogP contribution in [-0.4, -0.2) is 13.2 Å². The molecule has 0 rings (SSSR count). The fraction of sp³-hybridized carbons (Fsp3) is 1.00. The van der Waals surface area contributed by atoms with Crippen molar-refractivity contribution in [1.82, 2.24) is 0 Å². The van der Waals surface area contributed by atoms with Crippen LogP contribution in [0.15, 0.2) is 0 Å². The molecule has 0 aliphatic rings. The molecule has 0 aromatic heterocycles. The molecule has 0 aliphatic heterocycles. The zero-order valence-corrected chi connectivity index (χ0v) is 12.4. The second-order valence-corrected chi connectivity index (χ2v) is 7.42. The Hall–Kier alpha value is 1.41. The molecule has 0 N–H and O–H groups in total. The molecule has 0 saturated carbocycles. The van der Waals surface area contributed by atoms with Gasteiger partial charge in [0.1, 0.15) is 0 Å². The maximum atomic E-state index is 8.26. The van der Waals surface area contributed by atoms with Crippen LogP contribution in [0.5, 0.6) is 0 Å². The summed E-state index contributed by atoms with van der Waals surface area (Å²) in [5, 5.41) is 0. The molecule has 0 fully saturated rings. The molecule has 0 unspecified atom stereocenters. The van der Waals surface area contributed by atoms with Crippen molar-refractivity contribution in [1.29, 1.82) is 0 Å². The van der Waals surface area contributed by atoms with E-state index in [1.54, 1.807) is 0 Å². The molecule has 80 valence electrons. The van der Waals surface area contributed by atoms with Crippen LogP contribution in [0, 0.1) is 0 Å². The van der Waals surface area contributed by atoms with Crippen LogP contribution in [0.2, 0.25) is 0 Å². The molecule has 0 aromatic rings. The zero-order chi connectivity index (χ0) is 10.7. The average molecular weight is 326 g/mol. The number of hydrogen-bond donors (Lipinski definition) is 1. The number of thiol groups is 1. The van der Waals surface area contributed by atoms with E-state index in [2.05, 4.69) is 12.2 Å². The molecule has 7 heteroatoms. The molecule has 0 heterocycles. The molecule has 0 radical (unpaired) electrons. The van der Waals surface area contributed by atoms with Crippen LogP contribution in [-0.2, 0) is 44.0 Å². The van der Waals surface area contributed by atoms with Crippen molar-refractivity contribution in [3.8, 4) is 0 Å². The second kappa shape index (κ2) is 11.5. The molecule has 0 saturated heterocycles. The quantitative estimate of drug-likeness (QED) is 0.462. The van der Waals surface area contributed by atoms with E-state index in [1.165, 1.54) is 0 Å². The van der Waals surface area contributed by atoms with Gasteiger partial charge in [-0.2, -0.15) is 0 Å². The van der Waals surface area contributed by atoms with E-state index < -0.39 is 5.69 Å². The van der Waals surface area contributed by atoms with Crippen molar-refractivity contribution in [3.63, 3.8) is 0 Å². The van der Waals surface area contributed by atoms with Gasteiger partial charge in [-0.15, -0.1) is 0 Å². The van der Waals surface area contributed by atoms with Gasteiger partial charge >= 0.3 is 23.2 Å². The fourth-order valence-corrected chi connectivity index (χ4v) is 2.29. The summed E-state index contributed by atoms with van der Waals surface area (Å²) >= 11 is 9.84. The van der Waals surface area contributed by atoms with E-state index >= 15 is 0 Å². The Balaban J connectivity index is 0. The summed E-state index contributed by atoms with van der Waals surface area (Å²) < 4.78 is 18.8. The molecule has 0 spiro atoms. The van der Waals surface area contributed by atoms with Crippen LogP contribution in [0.3, 0.4) is 0 Å². The van der Waals surface area contributed by atoms with E-state index in [0.29, 0.717) is 33.0 Å². The maximum absolute atomic E-state index is 8.26. The van der Waals surface area contributed by atoms with Gasteiger partial charge in [-0.1, -0.05) is 26.1 Å². The third kappa shape index (κ3) is 13.4. The first kappa shape index (κ1) is 16.8. The van der Waals surface area contributed by atoms with E-state index in [-0.39, 0.29) is 0 Å². The summed E-state index contributed by atoms with van der Waals surface area (Å²) in [4.78, 5) is 0. The van der Waals surface area contributed by atoms with Gasteiger partial charge in [0.25, 0.3) is 0 Å². The average Bonchev–Trinajstić information content (AvgIpc) is 2.15. The van der Waals surface area contributed by atoms with Crippen molar-refractivity contribution in [3.05, 3.63) is 0 Å². The topological polar surface area (TPSA) is 35.5 Å². The van der Waals surface area contributed by atoms with Crippen molar-refractivity contribution >= 4 is 29.7 Å². The van der Waals surface area contributed by atoms with Gasteiger partial charge in [0.05, 0.1) is 13.2 Å². The van der Waals surface area contributed by atoms with E-state index in [1.807, 2.05) is 13.8 Å². The Morgan fingerprint density at radius 1 is 1.23 bits per heavy atom. The minimum atomic E-state index is -2.20. The molecular weight excluding hydrogens is 311 g/mol. The Morgan fingerprint density at radius 2 is 1.54 bits per heavy atom. The van der Waals surface area contributed by atoms with Gasteiger partial charge in [0, 0.05) is 0 Å². The van der Waals surface area contributed by atoms with E-state index in [0.717, 1.165) is 12.8 Å². The summed E-state index contributed by atoms with van der Waals surface area (Å²) in [6.07, 6.45) is 1.91. The van der Waals surface area contributed by atoms with Crippen molar-refractivity contribution < 1.29 is 32.2 Å². The molecule has 0 aliphatic carbocycles. The van der Waals surface area contributed by atoms with E-state index in [4.69, 9.17) is 24.3 Å². The summed E-state index contributed by atoms with van der Waals surface area (Å²) in [6.45, 7) is 5.35. The third-order valence-corrected chi connectivity index (χ3v) is 3.26. The summed E-state index contributed by atoms with van der Waals surface area (Å²) in [5.74, 6) is 0. The third-order valence-electron chi connectivity index (χ3n) is 0.917. The Morgan fingerprint density at radius 3 is 1.77 bits per heavy atom. The van der Waals surface area contributed by atoms with Crippen LogP contribution in [0.1, 0.15) is 26.7 Å². The van der Waals surface area contributed by atoms with Gasteiger partial charge in [-0.25, -0.2) is 0 Å². The predicted octanol–water partition coefficient (Wildman–Crippen LogP) is 2.87. The van der Waals surface area contributed by atoms with Gasteiger partial charge in [-0.05, 0) is 24.6 Å². The van der Waals surface area contributed by atoms with Crippen LogP contribution in [0.4, 0.5) is 0 Å². The predicted molar refractivity (Wildman–Crippen MR) is 56.4 cm³/mol. The van der Waals surface area contributed by atoms with Crippen LogP contribution < -0.4 is 0 Å². The molecule has 0 amide bonds. The van der Waals surface area contributed by atoms with Crippen LogP contribution >= 0.6 is 17.9 Å². The number of hydrogen-bond acceptors (Lipinski definition) is 4. The molecule has 0 bridgehead atoms. The normalized spacial score (nSPS) is 10.4. The van der Waals surface area contributed by atoms with Gasteiger partial charge in [0.2, 0.25) is 5.69 Å². The summed E-state index contributed by atoms with van der Waals surface area (Å²) in [7, 11) is 0. The second-order valence-electron chi connectivity index (χ2n) is 2.14. The Bertz CT molecular complexity index is 147. The van der Waals surface area contributed by atoms with Crippen molar-refractivity contribution in [2.75, 3.05) is 13.2 Å². The summed E-state index contributed by atoms with van der Waals surface area (Å²) in [5.41, 5.74) is -2.20. The standard InChI is InChI=1S/C6H15O2PS2.Mo.O/c1-3-5-7-9(10,11)8-6-4-2;;/h3-6H2,1-2H3,(H,10,11);;. The fourth-order valence-electron chi connectivity index (χ4n) is 0.451. The van der Waals surface area contributed by atoms with Crippen molar-refractivity contribution in [2.24, 2.45) is 0 Å². The zero-order valence-electron chi connectivity index (χ0n) is 7.76. The van der Waals surface area contributed by atoms with Crippen molar-refractivity contribution in [2.45, 2.75) is 26.7 Å². The Labute approximate surface area is 101 Å². The first-order valence-corrected chi connectivity index (χ1v) is 8.52. The molecule has 3 nitrogen and oxygen atoms in total. The van der Waals surface area contributed by atoms with Gasteiger partial charge in [0.15, 0.2) is 0 Å².